The highest BCUT2D eigenvalue weighted by Crippen LogP contribution is 2.28. The predicted molar refractivity (Wildman–Crippen MR) is 86.8 cm³/mol. The van der Waals surface area contributed by atoms with Crippen LogP contribution in [0.25, 0.3) is 0 Å². The first kappa shape index (κ1) is 17.8. The van der Waals surface area contributed by atoms with Crippen molar-refractivity contribution in [3.05, 3.63) is 28.8 Å². The van der Waals surface area contributed by atoms with Crippen LogP contribution in [0.3, 0.4) is 0 Å². The largest absolute Gasteiger partial charge is 0.482 e. The molecule has 0 unspecified atom stereocenters. The zero-order valence-electron chi connectivity index (χ0n) is 13.0. The number of amides is 1. The third-order valence-electron chi connectivity index (χ3n) is 2.85. The van der Waals surface area contributed by atoms with Crippen LogP contribution in [0, 0.1) is 5.92 Å². The minimum Gasteiger partial charge on any atom is -0.482 e. The summed E-state index contributed by atoms with van der Waals surface area (Å²) in [7, 11) is 0. The Labute approximate surface area is 132 Å². The fourth-order valence-electron chi connectivity index (χ4n) is 1.76. The molecule has 0 saturated heterocycles. The van der Waals surface area contributed by atoms with E-state index in [1.807, 2.05) is 26.0 Å². The number of ether oxygens (including phenoxy) is 1. The summed E-state index contributed by atoms with van der Waals surface area (Å²) in [6, 6.07) is 5.61. The van der Waals surface area contributed by atoms with Crippen LogP contribution in [0.1, 0.15) is 32.8 Å². The molecule has 1 amide bonds. The fraction of sp³-hybridized carbons (Fsp3) is 0.562. The molecule has 2 N–H and O–H groups in total. The van der Waals surface area contributed by atoms with Gasteiger partial charge >= 0.3 is 0 Å². The first-order chi connectivity index (χ1) is 10.0. The maximum absolute atomic E-state index is 11.7. The normalized spacial score (nSPS) is 10.7. The number of hydrogen-bond donors (Lipinski definition) is 2. The highest BCUT2D eigenvalue weighted by Gasteiger charge is 2.10. The molecule has 0 radical (unpaired) electrons. The van der Waals surface area contributed by atoms with E-state index in [1.54, 1.807) is 6.07 Å². The Bertz CT molecular complexity index is 450. The van der Waals surface area contributed by atoms with Gasteiger partial charge in [-0.25, -0.2) is 0 Å². The van der Waals surface area contributed by atoms with Gasteiger partial charge in [0.25, 0.3) is 5.91 Å². The summed E-state index contributed by atoms with van der Waals surface area (Å²) in [4.78, 5) is 11.7. The van der Waals surface area contributed by atoms with Crippen LogP contribution in [0.2, 0.25) is 5.02 Å². The van der Waals surface area contributed by atoms with Gasteiger partial charge in [-0.05, 0) is 24.9 Å². The quantitative estimate of drug-likeness (QED) is 0.689. The molecular weight excluding hydrogens is 288 g/mol. The van der Waals surface area contributed by atoms with Gasteiger partial charge in [-0.3, -0.25) is 4.79 Å². The molecular formula is C16H25ClN2O2. The van der Waals surface area contributed by atoms with Crippen LogP contribution >= 0.6 is 11.6 Å². The van der Waals surface area contributed by atoms with Crippen molar-refractivity contribution < 1.29 is 9.53 Å². The summed E-state index contributed by atoms with van der Waals surface area (Å²) in [6.07, 6.45) is 1.06. The minimum absolute atomic E-state index is 0.0166. The second-order valence-corrected chi connectivity index (χ2v) is 5.80. The summed E-state index contributed by atoms with van der Waals surface area (Å²) < 4.78 is 5.61. The molecule has 0 atom stereocenters. The second-order valence-electron chi connectivity index (χ2n) is 5.39. The summed E-state index contributed by atoms with van der Waals surface area (Å²) in [5, 5.41) is 6.66. The number of carbonyl (C=O) groups is 1. The van der Waals surface area contributed by atoms with Gasteiger partial charge in [0, 0.05) is 18.7 Å². The van der Waals surface area contributed by atoms with Crippen molar-refractivity contribution in [3.63, 3.8) is 0 Å². The second kappa shape index (κ2) is 9.64. The van der Waals surface area contributed by atoms with E-state index in [1.165, 1.54) is 0 Å². The lowest BCUT2D eigenvalue weighted by Crippen LogP contribution is -2.32. The van der Waals surface area contributed by atoms with Gasteiger partial charge in [-0.15, -0.1) is 0 Å². The molecule has 118 valence electrons. The molecule has 4 nitrogen and oxygen atoms in total. The average molecular weight is 313 g/mol. The lowest BCUT2D eigenvalue weighted by molar-refractivity contribution is -0.123. The Hall–Kier alpha value is -1.26. The Morgan fingerprint density at radius 1 is 1.38 bits per heavy atom. The lowest BCUT2D eigenvalue weighted by atomic mass is 10.2. The van der Waals surface area contributed by atoms with Gasteiger partial charge in [-0.2, -0.15) is 0 Å². The summed E-state index contributed by atoms with van der Waals surface area (Å²) >= 11 is 6.17. The first-order valence-electron chi connectivity index (χ1n) is 7.42. The van der Waals surface area contributed by atoms with Crippen molar-refractivity contribution in [2.45, 2.75) is 33.7 Å². The van der Waals surface area contributed by atoms with Crippen LogP contribution in [0.5, 0.6) is 5.75 Å². The number of hydrogen-bond acceptors (Lipinski definition) is 3. The topological polar surface area (TPSA) is 50.4 Å². The Kier molecular flexibility index (Phi) is 8.16. The van der Waals surface area contributed by atoms with Gasteiger partial charge in [0.15, 0.2) is 6.61 Å². The Balaban J connectivity index is 2.58. The molecule has 1 aromatic carbocycles. The fourth-order valence-corrected chi connectivity index (χ4v) is 2.01. The van der Waals surface area contributed by atoms with E-state index in [-0.39, 0.29) is 12.5 Å². The number of para-hydroxylation sites is 1. The number of rotatable bonds is 9. The molecule has 0 aliphatic carbocycles. The van der Waals surface area contributed by atoms with Gasteiger partial charge in [0.2, 0.25) is 0 Å². The van der Waals surface area contributed by atoms with E-state index in [2.05, 4.69) is 17.6 Å². The SMILES string of the molecule is CCCNCc1cccc(Cl)c1OCC(=O)NCC(C)C. The maximum atomic E-state index is 11.7. The molecule has 0 aliphatic heterocycles. The summed E-state index contributed by atoms with van der Waals surface area (Å²) in [6.45, 7) is 8.45. The number of nitrogens with one attached hydrogen (secondary N) is 2. The van der Waals surface area contributed by atoms with Crippen molar-refractivity contribution >= 4 is 17.5 Å². The van der Waals surface area contributed by atoms with Gasteiger partial charge in [0.1, 0.15) is 5.75 Å². The Morgan fingerprint density at radius 3 is 2.81 bits per heavy atom. The van der Waals surface area contributed by atoms with E-state index < -0.39 is 0 Å². The first-order valence-corrected chi connectivity index (χ1v) is 7.80. The molecule has 0 fully saturated rings. The minimum atomic E-state index is -0.129. The van der Waals surface area contributed by atoms with Gasteiger partial charge in [-0.1, -0.05) is 44.5 Å². The van der Waals surface area contributed by atoms with Crippen molar-refractivity contribution in [2.24, 2.45) is 5.92 Å². The van der Waals surface area contributed by atoms with Crippen LogP contribution in [-0.2, 0) is 11.3 Å². The summed E-state index contributed by atoms with van der Waals surface area (Å²) in [5.41, 5.74) is 0.965. The standard InChI is InChI=1S/C16H25ClN2O2/c1-4-8-18-10-13-6-5-7-14(17)16(13)21-11-15(20)19-9-12(2)3/h5-7,12,18H,4,8-11H2,1-3H3,(H,19,20). The summed E-state index contributed by atoms with van der Waals surface area (Å²) in [5.74, 6) is 0.877. The molecule has 0 heterocycles. The van der Waals surface area contributed by atoms with E-state index in [0.29, 0.717) is 29.8 Å². The molecule has 0 bridgehead atoms. The van der Waals surface area contributed by atoms with Crippen molar-refractivity contribution in [2.75, 3.05) is 19.7 Å². The Morgan fingerprint density at radius 2 is 2.14 bits per heavy atom. The zero-order valence-corrected chi connectivity index (χ0v) is 13.8. The number of carbonyl (C=O) groups excluding carboxylic acids is 1. The monoisotopic (exact) mass is 312 g/mol. The zero-order chi connectivity index (χ0) is 15.7. The van der Waals surface area contributed by atoms with E-state index in [4.69, 9.17) is 16.3 Å². The molecule has 0 spiro atoms. The highest BCUT2D eigenvalue weighted by molar-refractivity contribution is 6.32. The average Bonchev–Trinajstić information content (AvgIpc) is 2.44. The number of benzene rings is 1. The number of halogens is 1. The predicted octanol–water partition coefficient (Wildman–Crippen LogP) is 2.99. The van der Waals surface area contributed by atoms with Crippen LogP contribution in [0.15, 0.2) is 18.2 Å². The van der Waals surface area contributed by atoms with Crippen LogP contribution in [-0.4, -0.2) is 25.6 Å². The van der Waals surface area contributed by atoms with Gasteiger partial charge < -0.3 is 15.4 Å². The van der Waals surface area contributed by atoms with E-state index >= 15 is 0 Å². The molecule has 0 saturated carbocycles. The molecule has 1 rings (SSSR count). The molecule has 1 aromatic rings. The molecule has 0 aliphatic rings. The molecule has 21 heavy (non-hydrogen) atoms. The highest BCUT2D eigenvalue weighted by atomic mass is 35.5. The lowest BCUT2D eigenvalue weighted by Gasteiger charge is -2.14. The van der Waals surface area contributed by atoms with Crippen molar-refractivity contribution in [1.29, 1.82) is 0 Å². The molecule has 0 aromatic heterocycles. The van der Waals surface area contributed by atoms with E-state index in [0.717, 1.165) is 18.5 Å². The smallest absolute Gasteiger partial charge is 0.257 e. The van der Waals surface area contributed by atoms with Gasteiger partial charge in [0.05, 0.1) is 5.02 Å². The van der Waals surface area contributed by atoms with Crippen molar-refractivity contribution in [3.8, 4) is 5.75 Å². The van der Waals surface area contributed by atoms with Crippen molar-refractivity contribution in [1.82, 2.24) is 10.6 Å². The van der Waals surface area contributed by atoms with Crippen LogP contribution in [0.4, 0.5) is 0 Å². The third kappa shape index (κ3) is 6.82. The van der Waals surface area contributed by atoms with Crippen LogP contribution < -0.4 is 15.4 Å². The molecule has 5 heteroatoms. The van der Waals surface area contributed by atoms with E-state index in [9.17, 15) is 4.79 Å². The third-order valence-corrected chi connectivity index (χ3v) is 3.14. The maximum Gasteiger partial charge on any atom is 0.257 e.